The second kappa shape index (κ2) is 10.9. The Kier molecular flexibility index (Phi) is 10.5. The Balaban J connectivity index is 0.00000264. The van der Waals surface area contributed by atoms with Gasteiger partial charge in [-0.05, 0) is 18.9 Å². The smallest absolute Gasteiger partial charge is 0.312 e. The van der Waals surface area contributed by atoms with Gasteiger partial charge in [-0.15, -0.1) is 31.4 Å². The van der Waals surface area contributed by atoms with Crippen LogP contribution < -0.4 is 5.32 Å². The largest absolute Gasteiger partial charge is 0.502 e. The van der Waals surface area contributed by atoms with Crippen LogP contribution in [-0.2, 0) is 0 Å². The second-order valence-corrected chi connectivity index (χ2v) is 6.20. The minimum absolute atomic E-state index is 0. The summed E-state index contributed by atoms with van der Waals surface area (Å²) >= 11 is 3.31. The molecule has 6 nitrogen and oxygen atoms in total. The van der Waals surface area contributed by atoms with Gasteiger partial charge in [0.2, 0.25) is 0 Å². The van der Waals surface area contributed by atoms with E-state index in [4.69, 9.17) is 0 Å². The summed E-state index contributed by atoms with van der Waals surface area (Å²) in [6.07, 6.45) is 3.39. The summed E-state index contributed by atoms with van der Waals surface area (Å²) in [5.41, 5.74) is 0.341. The average molecular weight is 443 g/mol. The summed E-state index contributed by atoms with van der Waals surface area (Å²) in [4.78, 5) is 12.8. The molecule has 1 aliphatic heterocycles. The van der Waals surface area contributed by atoms with Crippen molar-refractivity contribution in [1.29, 1.82) is 0 Å². The molecule has 1 aromatic rings. The third-order valence-electron chi connectivity index (χ3n) is 3.88. The Bertz CT molecular complexity index is 569. The maximum atomic E-state index is 11.1. The standard InChI is InChI=1S/C15H20BrN3O3.2ClH/c1-2-3-4-13(18-7-5-17-6-8-18)12-9-11(16)10-14(15(12)20)19(21)22;;/h2,9-10,13,17,20H,1,3-8H2;2*1H/t13-;;/m0../s1. The molecule has 1 fully saturated rings. The number of nitro groups is 1. The van der Waals surface area contributed by atoms with E-state index >= 15 is 0 Å². The highest BCUT2D eigenvalue weighted by molar-refractivity contribution is 9.10. The first-order valence-electron chi connectivity index (χ1n) is 7.27. The zero-order chi connectivity index (χ0) is 16.1. The van der Waals surface area contributed by atoms with Gasteiger partial charge >= 0.3 is 5.69 Å². The van der Waals surface area contributed by atoms with Crippen molar-refractivity contribution in [3.05, 3.63) is 44.9 Å². The molecule has 0 unspecified atom stereocenters. The third-order valence-corrected chi connectivity index (χ3v) is 4.33. The lowest BCUT2D eigenvalue weighted by Crippen LogP contribution is -2.45. The SMILES string of the molecule is C=CCC[C@@H](c1cc(Br)cc([N+](=O)[O-])c1O)N1CCNCC1.Cl.Cl. The first-order valence-corrected chi connectivity index (χ1v) is 8.06. The third kappa shape index (κ3) is 5.60. The van der Waals surface area contributed by atoms with E-state index in [2.05, 4.69) is 32.7 Å². The van der Waals surface area contributed by atoms with Crippen LogP contribution in [-0.4, -0.2) is 41.1 Å². The van der Waals surface area contributed by atoms with E-state index in [0.29, 0.717) is 10.0 Å². The summed E-state index contributed by atoms with van der Waals surface area (Å²) in [5.74, 6) is -0.235. The van der Waals surface area contributed by atoms with Gasteiger partial charge in [-0.25, -0.2) is 0 Å². The summed E-state index contributed by atoms with van der Waals surface area (Å²) in [7, 11) is 0. The van der Waals surface area contributed by atoms with Gasteiger partial charge in [0, 0.05) is 48.3 Å². The van der Waals surface area contributed by atoms with Crippen molar-refractivity contribution in [2.45, 2.75) is 18.9 Å². The van der Waals surface area contributed by atoms with E-state index in [1.807, 2.05) is 6.08 Å². The molecule has 0 radical (unpaired) electrons. The summed E-state index contributed by atoms with van der Waals surface area (Å²) < 4.78 is 0.603. The van der Waals surface area contributed by atoms with E-state index in [-0.39, 0.29) is 42.3 Å². The zero-order valence-corrected chi connectivity index (χ0v) is 16.3. The van der Waals surface area contributed by atoms with Crippen molar-refractivity contribution in [2.75, 3.05) is 26.2 Å². The molecule has 0 amide bonds. The molecule has 0 saturated carbocycles. The molecule has 1 aliphatic rings. The lowest BCUT2D eigenvalue weighted by atomic mass is 9.97. The molecule has 136 valence electrons. The van der Waals surface area contributed by atoms with Gasteiger partial charge in [0.1, 0.15) is 0 Å². The van der Waals surface area contributed by atoms with Crippen LogP contribution in [0.4, 0.5) is 5.69 Å². The van der Waals surface area contributed by atoms with E-state index in [9.17, 15) is 15.2 Å². The molecule has 0 aromatic heterocycles. The first kappa shape index (κ1) is 23.1. The fourth-order valence-electron chi connectivity index (χ4n) is 2.80. The van der Waals surface area contributed by atoms with Gasteiger partial charge in [-0.3, -0.25) is 15.0 Å². The molecule has 1 saturated heterocycles. The van der Waals surface area contributed by atoms with Crippen LogP contribution >= 0.6 is 40.7 Å². The van der Waals surface area contributed by atoms with Gasteiger partial charge in [0.05, 0.1) is 4.92 Å². The number of hydrogen-bond donors (Lipinski definition) is 2. The molecule has 1 aromatic carbocycles. The van der Waals surface area contributed by atoms with Crippen LogP contribution in [0.1, 0.15) is 24.4 Å². The number of aromatic hydroxyl groups is 1. The van der Waals surface area contributed by atoms with Crippen LogP contribution in [0.25, 0.3) is 0 Å². The van der Waals surface area contributed by atoms with Crippen molar-refractivity contribution in [3.8, 4) is 5.75 Å². The maximum Gasteiger partial charge on any atom is 0.312 e. The van der Waals surface area contributed by atoms with Crippen LogP contribution in [0.5, 0.6) is 5.75 Å². The first-order chi connectivity index (χ1) is 10.5. The van der Waals surface area contributed by atoms with E-state index < -0.39 is 4.92 Å². The fourth-order valence-corrected chi connectivity index (χ4v) is 3.27. The lowest BCUT2D eigenvalue weighted by molar-refractivity contribution is -0.386. The van der Waals surface area contributed by atoms with Crippen molar-refractivity contribution < 1.29 is 10.0 Å². The Morgan fingerprint density at radius 2 is 2.04 bits per heavy atom. The van der Waals surface area contributed by atoms with Crippen LogP contribution in [0, 0.1) is 10.1 Å². The van der Waals surface area contributed by atoms with Crippen LogP contribution in [0.2, 0.25) is 0 Å². The molecule has 1 heterocycles. The predicted molar refractivity (Wildman–Crippen MR) is 104 cm³/mol. The van der Waals surface area contributed by atoms with Gasteiger partial charge in [-0.2, -0.15) is 0 Å². The maximum absolute atomic E-state index is 11.1. The molecule has 0 aliphatic carbocycles. The van der Waals surface area contributed by atoms with Gasteiger partial charge in [0.15, 0.2) is 5.75 Å². The topological polar surface area (TPSA) is 78.6 Å². The van der Waals surface area contributed by atoms with Crippen molar-refractivity contribution in [2.24, 2.45) is 0 Å². The number of piperazine rings is 1. The molecule has 2 N–H and O–H groups in total. The Morgan fingerprint density at radius 3 is 2.58 bits per heavy atom. The van der Waals surface area contributed by atoms with Gasteiger partial charge in [0.25, 0.3) is 0 Å². The number of hydrogen-bond acceptors (Lipinski definition) is 5. The highest BCUT2D eigenvalue weighted by atomic mass is 79.9. The Labute approximate surface area is 162 Å². The number of nitrogens with one attached hydrogen (secondary N) is 1. The molecule has 2 rings (SSSR count). The summed E-state index contributed by atoms with van der Waals surface area (Å²) in [6, 6.07) is 3.05. The molecule has 0 spiro atoms. The average Bonchev–Trinajstić information content (AvgIpc) is 2.51. The lowest BCUT2D eigenvalue weighted by Gasteiger charge is -2.35. The highest BCUT2D eigenvalue weighted by Gasteiger charge is 2.28. The number of nitro benzene ring substituents is 1. The van der Waals surface area contributed by atoms with Crippen LogP contribution in [0.3, 0.4) is 0 Å². The number of halogens is 3. The minimum atomic E-state index is -0.550. The molecule has 0 bridgehead atoms. The fraction of sp³-hybridized carbons (Fsp3) is 0.467. The molecular formula is C15H22BrCl2N3O3. The Morgan fingerprint density at radius 1 is 1.42 bits per heavy atom. The molecule has 9 heteroatoms. The predicted octanol–water partition coefficient (Wildman–Crippen LogP) is 3.82. The molecular weight excluding hydrogens is 421 g/mol. The zero-order valence-electron chi connectivity index (χ0n) is 13.1. The van der Waals surface area contributed by atoms with Crippen molar-refractivity contribution >= 4 is 46.4 Å². The van der Waals surface area contributed by atoms with E-state index in [1.165, 1.54) is 6.07 Å². The minimum Gasteiger partial charge on any atom is -0.502 e. The van der Waals surface area contributed by atoms with Crippen molar-refractivity contribution in [1.82, 2.24) is 10.2 Å². The quantitative estimate of drug-likeness (QED) is 0.397. The number of benzene rings is 1. The number of nitrogens with zero attached hydrogens (tertiary/aromatic N) is 2. The van der Waals surface area contributed by atoms with Crippen LogP contribution in [0.15, 0.2) is 29.3 Å². The van der Waals surface area contributed by atoms with E-state index in [1.54, 1.807) is 6.07 Å². The number of phenolic OH excluding ortho intramolecular Hbond substituents is 1. The van der Waals surface area contributed by atoms with Crippen molar-refractivity contribution in [3.63, 3.8) is 0 Å². The monoisotopic (exact) mass is 441 g/mol. The number of allylic oxidation sites excluding steroid dienone is 1. The molecule has 1 atom stereocenters. The van der Waals surface area contributed by atoms with Gasteiger partial charge in [-0.1, -0.05) is 22.0 Å². The summed E-state index contributed by atoms with van der Waals surface area (Å²) in [6.45, 7) is 7.20. The Hall–Kier alpha value is -0.860. The summed E-state index contributed by atoms with van der Waals surface area (Å²) in [5, 5.41) is 24.8. The van der Waals surface area contributed by atoms with E-state index in [0.717, 1.165) is 39.0 Å². The number of rotatable bonds is 6. The number of phenols is 1. The normalized spacial score (nSPS) is 15.7. The highest BCUT2D eigenvalue weighted by Crippen LogP contribution is 2.40. The van der Waals surface area contributed by atoms with Gasteiger partial charge < -0.3 is 10.4 Å². The second-order valence-electron chi connectivity index (χ2n) is 5.29. The molecule has 24 heavy (non-hydrogen) atoms.